The van der Waals surface area contributed by atoms with Gasteiger partial charge in [-0.3, -0.25) is 0 Å². The largest absolute Gasteiger partial charge is 0.381 e. The number of hydrogen-bond donors (Lipinski definition) is 1. The topological polar surface area (TPSA) is 68.4 Å². The van der Waals surface area contributed by atoms with Gasteiger partial charge in [0.05, 0.1) is 0 Å². The van der Waals surface area contributed by atoms with Crippen molar-refractivity contribution >= 4 is 21.4 Å². The Hall–Kier alpha value is -1.76. The SMILES string of the molecule is OC1(c2nc(-c3ccc4sccc4c3)no2)CCOCC1. The highest BCUT2D eigenvalue weighted by molar-refractivity contribution is 7.17. The van der Waals surface area contributed by atoms with Crippen LogP contribution in [-0.2, 0) is 10.3 Å². The van der Waals surface area contributed by atoms with Gasteiger partial charge in [0.1, 0.15) is 5.60 Å². The zero-order chi connectivity index (χ0) is 14.3. The Morgan fingerprint density at radius 2 is 2.05 bits per heavy atom. The smallest absolute Gasteiger partial charge is 0.259 e. The maximum absolute atomic E-state index is 10.6. The van der Waals surface area contributed by atoms with Crippen LogP contribution < -0.4 is 0 Å². The van der Waals surface area contributed by atoms with Gasteiger partial charge in [-0.2, -0.15) is 4.98 Å². The van der Waals surface area contributed by atoms with E-state index < -0.39 is 5.60 Å². The van der Waals surface area contributed by atoms with Crippen LogP contribution in [0.15, 0.2) is 34.2 Å². The van der Waals surface area contributed by atoms with Gasteiger partial charge in [-0.1, -0.05) is 5.16 Å². The van der Waals surface area contributed by atoms with Gasteiger partial charge in [0, 0.05) is 36.3 Å². The van der Waals surface area contributed by atoms with Crippen molar-refractivity contribution in [3.63, 3.8) is 0 Å². The molecule has 4 rings (SSSR count). The molecule has 0 bridgehead atoms. The molecular formula is C15H14N2O3S. The Balaban J connectivity index is 1.70. The Bertz CT molecular complexity index is 774. The summed E-state index contributed by atoms with van der Waals surface area (Å²) in [5.74, 6) is 0.796. The molecule has 0 aliphatic carbocycles. The van der Waals surface area contributed by atoms with E-state index in [1.807, 2.05) is 12.1 Å². The van der Waals surface area contributed by atoms with E-state index in [0.29, 0.717) is 31.9 Å². The summed E-state index contributed by atoms with van der Waals surface area (Å²) in [5, 5.41) is 17.8. The van der Waals surface area contributed by atoms with Crippen molar-refractivity contribution in [2.75, 3.05) is 13.2 Å². The minimum atomic E-state index is -1.06. The van der Waals surface area contributed by atoms with Crippen molar-refractivity contribution in [3.05, 3.63) is 35.5 Å². The number of benzene rings is 1. The maximum Gasteiger partial charge on any atom is 0.259 e. The molecule has 1 saturated heterocycles. The van der Waals surface area contributed by atoms with E-state index in [4.69, 9.17) is 9.26 Å². The highest BCUT2D eigenvalue weighted by Gasteiger charge is 2.37. The van der Waals surface area contributed by atoms with Crippen molar-refractivity contribution in [3.8, 4) is 11.4 Å². The molecule has 1 aromatic carbocycles. The molecule has 0 radical (unpaired) electrons. The summed E-state index contributed by atoms with van der Waals surface area (Å²) >= 11 is 1.70. The van der Waals surface area contributed by atoms with Gasteiger partial charge in [-0.15, -0.1) is 11.3 Å². The predicted octanol–water partition coefficient (Wildman–Crippen LogP) is 2.95. The number of rotatable bonds is 2. The monoisotopic (exact) mass is 302 g/mol. The summed E-state index contributed by atoms with van der Waals surface area (Å²) in [7, 11) is 0. The van der Waals surface area contributed by atoms with Crippen LogP contribution in [0, 0.1) is 0 Å². The average Bonchev–Trinajstić information content (AvgIpc) is 3.17. The normalized spacial score (nSPS) is 18.1. The van der Waals surface area contributed by atoms with Crippen LogP contribution in [0.25, 0.3) is 21.5 Å². The highest BCUT2D eigenvalue weighted by Crippen LogP contribution is 2.32. The molecule has 6 heteroatoms. The summed E-state index contributed by atoms with van der Waals surface area (Å²) in [5.41, 5.74) is -0.165. The first kappa shape index (κ1) is 12.9. The number of aliphatic hydroxyl groups is 1. The number of aromatic nitrogens is 2. The minimum Gasteiger partial charge on any atom is -0.381 e. The Labute approximate surface area is 125 Å². The molecular weight excluding hydrogens is 288 g/mol. The van der Waals surface area contributed by atoms with Gasteiger partial charge in [0.15, 0.2) is 0 Å². The Kier molecular flexibility index (Phi) is 3.02. The third-order valence-electron chi connectivity index (χ3n) is 3.85. The van der Waals surface area contributed by atoms with E-state index in [-0.39, 0.29) is 5.89 Å². The Morgan fingerprint density at radius 1 is 1.19 bits per heavy atom. The first-order chi connectivity index (χ1) is 10.2. The minimum absolute atomic E-state index is 0.284. The lowest BCUT2D eigenvalue weighted by molar-refractivity contribution is -0.0856. The van der Waals surface area contributed by atoms with Gasteiger partial charge in [0.2, 0.25) is 5.82 Å². The molecule has 0 unspecified atom stereocenters. The van der Waals surface area contributed by atoms with E-state index in [2.05, 4.69) is 27.7 Å². The van der Waals surface area contributed by atoms with Crippen molar-refractivity contribution in [2.45, 2.75) is 18.4 Å². The van der Waals surface area contributed by atoms with E-state index in [1.165, 1.54) is 4.70 Å². The van der Waals surface area contributed by atoms with Gasteiger partial charge in [0.25, 0.3) is 5.89 Å². The maximum atomic E-state index is 10.6. The highest BCUT2D eigenvalue weighted by atomic mass is 32.1. The molecule has 3 aromatic rings. The average molecular weight is 302 g/mol. The third kappa shape index (κ3) is 2.25. The lowest BCUT2D eigenvalue weighted by Crippen LogP contribution is -2.33. The summed E-state index contributed by atoms with van der Waals surface area (Å²) in [6, 6.07) is 8.13. The molecule has 1 fully saturated rings. The molecule has 1 N–H and O–H groups in total. The lowest BCUT2D eigenvalue weighted by atomic mass is 9.94. The number of ether oxygens (including phenoxy) is 1. The van der Waals surface area contributed by atoms with Crippen LogP contribution in [0.2, 0.25) is 0 Å². The molecule has 0 saturated carbocycles. The first-order valence-corrected chi connectivity index (χ1v) is 7.75. The predicted molar refractivity (Wildman–Crippen MR) is 79.1 cm³/mol. The first-order valence-electron chi connectivity index (χ1n) is 6.87. The van der Waals surface area contributed by atoms with Gasteiger partial charge in [-0.05, 0) is 35.0 Å². The van der Waals surface area contributed by atoms with E-state index >= 15 is 0 Å². The zero-order valence-electron chi connectivity index (χ0n) is 11.3. The fourth-order valence-corrected chi connectivity index (χ4v) is 3.33. The second-order valence-electron chi connectivity index (χ2n) is 5.24. The van der Waals surface area contributed by atoms with Crippen LogP contribution in [0.3, 0.4) is 0 Å². The number of thiophene rings is 1. The van der Waals surface area contributed by atoms with Crippen LogP contribution in [0.1, 0.15) is 18.7 Å². The summed E-state index contributed by atoms with van der Waals surface area (Å²) < 4.78 is 11.8. The summed E-state index contributed by atoms with van der Waals surface area (Å²) in [6.45, 7) is 1.02. The van der Waals surface area contributed by atoms with E-state index in [9.17, 15) is 5.11 Å². The van der Waals surface area contributed by atoms with E-state index in [1.54, 1.807) is 11.3 Å². The van der Waals surface area contributed by atoms with Crippen LogP contribution >= 0.6 is 11.3 Å². The van der Waals surface area contributed by atoms with Crippen molar-refractivity contribution in [1.29, 1.82) is 0 Å². The Morgan fingerprint density at radius 3 is 2.90 bits per heavy atom. The molecule has 3 heterocycles. The number of nitrogens with zero attached hydrogens (tertiary/aromatic N) is 2. The molecule has 1 aliphatic rings. The molecule has 1 aliphatic heterocycles. The molecule has 0 atom stereocenters. The number of fused-ring (bicyclic) bond motifs is 1. The van der Waals surface area contributed by atoms with Gasteiger partial charge >= 0.3 is 0 Å². The summed E-state index contributed by atoms with van der Waals surface area (Å²) in [6.07, 6.45) is 0.969. The van der Waals surface area contributed by atoms with Gasteiger partial charge < -0.3 is 14.4 Å². The summed E-state index contributed by atoms with van der Waals surface area (Å²) in [4.78, 5) is 4.39. The quantitative estimate of drug-likeness (QED) is 0.788. The van der Waals surface area contributed by atoms with Crippen molar-refractivity contribution in [1.82, 2.24) is 10.1 Å². The molecule has 0 amide bonds. The van der Waals surface area contributed by atoms with Crippen LogP contribution in [-0.4, -0.2) is 28.5 Å². The van der Waals surface area contributed by atoms with E-state index in [0.717, 1.165) is 10.9 Å². The van der Waals surface area contributed by atoms with Crippen LogP contribution in [0.5, 0.6) is 0 Å². The third-order valence-corrected chi connectivity index (χ3v) is 4.75. The number of hydrogen-bond acceptors (Lipinski definition) is 6. The second-order valence-corrected chi connectivity index (χ2v) is 6.19. The fourth-order valence-electron chi connectivity index (χ4n) is 2.56. The van der Waals surface area contributed by atoms with Crippen LogP contribution in [0.4, 0.5) is 0 Å². The second kappa shape index (κ2) is 4.91. The molecule has 5 nitrogen and oxygen atoms in total. The van der Waals surface area contributed by atoms with Crippen molar-refractivity contribution < 1.29 is 14.4 Å². The molecule has 108 valence electrons. The van der Waals surface area contributed by atoms with Gasteiger partial charge in [-0.25, -0.2) is 0 Å². The molecule has 0 spiro atoms. The zero-order valence-corrected chi connectivity index (χ0v) is 12.1. The lowest BCUT2D eigenvalue weighted by Gasteiger charge is -2.27. The fraction of sp³-hybridized carbons (Fsp3) is 0.333. The standard InChI is InChI=1S/C15H14N2O3S/c18-15(4-6-19-7-5-15)14-16-13(17-20-14)11-1-2-12-10(9-11)3-8-21-12/h1-3,8-9,18H,4-7H2. The molecule has 21 heavy (non-hydrogen) atoms. The molecule has 2 aromatic heterocycles. The van der Waals surface area contributed by atoms with Crippen molar-refractivity contribution in [2.24, 2.45) is 0 Å².